The number of hydrogen-bond donors (Lipinski definition) is 0. The molecule has 0 atom stereocenters. The van der Waals surface area contributed by atoms with E-state index in [4.69, 9.17) is 20.2 Å². The van der Waals surface area contributed by atoms with Gasteiger partial charge >= 0.3 is 0 Å². The predicted molar refractivity (Wildman–Crippen MR) is 162 cm³/mol. The smallest absolute Gasteiger partial charge is 0.267 e. The summed E-state index contributed by atoms with van der Waals surface area (Å²) in [5.74, 6) is 1.44. The van der Waals surface area contributed by atoms with E-state index in [-0.39, 0.29) is 11.5 Å². The third-order valence-corrected chi connectivity index (χ3v) is 8.24. The maximum atomic E-state index is 11.3. The molecule has 0 fully saturated rings. The molecule has 0 amide bonds. The molecule has 0 aliphatic carbocycles. The largest absolute Gasteiger partial charge is 0.489 e. The highest BCUT2D eigenvalue weighted by molar-refractivity contribution is 8.13. The Balaban J connectivity index is 0.000000226. The standard InChI is InChI=1S/C16H18O4S.C15H15ClO3S/c1-19-21(17,18)12-11-14-7-9-16(10-8-14)20-13-15-5-3-2-4-6-15;16-20(17,18)11-10-13-6-8-15(9-7-13)19-12-14-4-2-1-3-5-14/h2-10H,11-13H2,1H3;1-9H,10-12H2. The van der Waals surface area contributed by atoms with Crippen LogP contribution in [0.25, 0.3) is 0 Å². The first-order valence-electron chi connectivity index (χ1n) is 12.8. The first kappa shape index (κ1) is 32.1. The molecule has 0 spiro atoms. The van der Waals surface area contributed by atoms with Gasteiger partial charge in [0.2, 0.25) is 9.05 Å². The molecular formula is C31H33ClO7S2. The van der Waals surface area contributed by atoms with E-state index < -0.39 is 19.2 Å². The summed E-state index contributed by atoms with van der Waals surface area (Å²) >= 11 is 0. The lowest BCUT2D eigenvalue weighted by atomic mass is 10.2. The summed E-state index contributed by atoms with van der Waals surface area (Å²) in [6.45, 7) is 1.02. The van der Waals surface area contributed by atoms with Crippen molar-refractivity contribution in [2.45, 2.75) is 26.1 Å². The van der Waals surface area contributed by atoms with Gasteiger partial charge in [0, 0.05) is 10.7 Å². The zero-order valence-electron chi connectivity index (χ0n) is 22.7. The van der Waals surface area contributed by atoms with Crippen LogP contribution in [0, 0.1) is 0 Å². The van der Waals surface area contributed by atoms with Crippen LogP contribution < -0.4 is 9.47 Å². The van der Waals surface area contributed by atoms with Crippen molar-refractivity contribution in [3.63, 3.8) is 0 Å². The molecule has 0 saturated carbocycles. The first-order valence-corrected chi connectivity index (χ1v) is 16.9. The summed E-state index contributed by atoms with van der Waals surface area (Å²) in [7, 11) is -0.487. The van der Waals surface area contributed by atoms with Gasteiger partial charge < -0.3 is 9.47 Å². The highest BCUT2D eigenvalue weighted by Gasteiger charge is 2.09. The van der Waals surface area contributed by atoms with Gasteiger partial charge in [0.25, 0.3) is 10.1 Å². The molecule has 0 heterocycles. The van der Waals surface area contributed by atoms with Gasteiger partial charge in [0.1, 0.15) is 24.7 Å². The summed E-state index contributed by atoms with van der Waals surface area (Å²) in [6, 6.07) is 34.6. The SMILES string of the molecule is COS(=O)(=O)CCc1ccc(OCc2ccccc2)cc1.O=S(=O)(Cl)CCc1ccc(OCc2ccccc2)cc1. The fraction of sp³-hybridized carbons (Fsp3) is 0.226. The molecule has 0 unspecified atom stereocenters. The van der Waals surface area contributed by atoms with Gasteiger partial charge in [0.15, 0.2) is 0 Å². The van der Waals surface area contributed by atoms with E-state index in [0.29, 0.717) is 26.1 Å². The van der Waals surface area contributed by atoms with Gasteiger partial charge in [0.05, 0.1) is 18.6 Å². The van der Waals surface area contributed by atoms with Crippen LogP contribution in [0.2, 0.25) is 0 Å². The van der Waals surface area contributed by atoms with E-state index in [1.165, 1.54) is 7.11 Å². The minimum Gasteiger partial charge on any atom is -0.489 e. The van der Waals surface area contributed by atoms with E-state index in [0.717, 1.165) is 33.8 Å². The van der Waals surface area contributed by atoms with Crippen molar-refractivity contribution in [2.75, 3.05) is 18.6 Å². The Labute approximate surface area is 247 Å². The second kappa shape index (κ2) is 16.2. The molecule has 0 radical (unpaired) electrons. The lowest BCUT2D eigenvalue weighted by molar-refractivity contribution is 0.306. The monoisotopic (exact) mass is 616 g/mol. The number of hydrogen-bond acceptors (Lipinski definition) is 7. The summed E-state index contributed by atoms with van der Waals surface area (Å²) in [6.07, 6.45) is 0.833. The molecule has 0 bridgehead atoms. The summed E-state index contributed by atoms with van der Waals surface area (Å²) in [5.41, 5.74) is 4.06. The minimum atomic E-state index is -3.44. The molecule has 7 nitrogen and oxygen atoms in total. The fourth-order valence-electron chi connectivity index (χ4n) is 3.55. The van der Waals surface area contributed by atoms with Gasteiger partial charge in [-0.15, -0.1) is 0 Å². The van der Waals surface area contributed by atoms with Crippen molar-refractivity contribution in [3.05, 3.63) is 131 Å². The third kappa shape index (κ3) is 13.2. The molecule has 41 heavy (non-hydrogen) atoms. The van der Waals surface area contributed by atoms with Crippen molar-refractivity contribution >= 4 is 29.9 Å². The van der Waals surface area contributed by atoms with Gasteiger partial charge in [-0.05, 0) is 59.4 Å². The molecule has 4 rings (SSSR count). The van der Waals surface area contributed by atoms with Crippen LogP contribution >= 0.6 is 10.7 Å². The number of halogens is 1. The molecular weight excluding hydrogens is 584 g/mol. The Kier molecular flexibility index (Phi) is 12.7. The second-order valence-corrected chi connectivity index (χ2v) is 13.8. The van der Waals surface area contributed by atoms with Crippen molar-refractivity contribution in [3.8, 4) is 11.5 Å². The van der Waals surface area contributed by atoms with E-state index in [1.54, 1.807) is 0 Å². The van der Waals surface area contributed by atoms with Crippen molar-refractivity contribution in [2.24, 2.45) is 0 Å². The Hall–Kier alpha value is -3.37. The van der Waals surface area contributed by atoms with Crippen LogP contribution in [0.15, 0.2) is 109 Å². The third-order valence-electron chi connectivity index (χ3n) is 5.87. The highest BCUT2D eigenvalue weighted by atomic mass is 35.7. The Morgan fingerprint density at radius 1 is 0.537 bits per heavy atom. The molecule has 0 aromatic heterocycles. The highest BCUT2D eigenvalue weighted by Crippen LogP contribution is 2.16. The minimum absolute atomic E-state index is 0.0201. The molecule has 0 saturated heterocycles. The lowest BCUT2D eigenvalue weighted by Crippen LogP contribution is -2.09. The van der Waals surface area contributed by atoms with Crippen LogP contribution in [-0.2, 0) is 49.4 Å². The average Bonchev–Trinajstić information content (AvgIpc) is 2.99. The lowest BCUT2D eigenvalue weighted by Gasteiger charge is -2.07. The number of benzene rings is 4. The second-order valence-electron chi connectivity index (χ2n) is 9.01. The summed E-state index contributed by atoms with van der Waals surface area (Å²) in [5, 5.41) is 0. The average molecular weight is 617 g/mol. The molecule has 10 heteroatoms. The molecule has 218 valence electrons. The van der Waals surface area contributed by atoms with Crippen LogP contribution in [0.3, 0.4) is 0 Å². The predicted octanol–water partition coefficient (Wildman–Crippen LogP) is 6.16. The quantitative estimate of drug-likeness (QED) is 0.131. The maximum absolute atomic E-state index is 11.3. The summed E-state index contributed by atoms with van der Waals surface area (Å²) < 4.78 is 60.0. The number of rotatable bonds is 13. The molecule has 4 aromatic rings. The maximum Gasteiger partial charge on any atom is 0.267 e. The molecule has 0 aliphatic heterocycles. The van der Waals surface area contributed by atoms with Crippen molar-refractivity contribution in [1.82, 2.24) is 0 Å². The van der Waals surface area contributed by atoms with Crippen molar-refractivity contribution in [1.29, 1.82) is 0 Å². The Bertz CT molecular complexity index is 1530. The van der Waals surface area contributed by atoms with Crippen LogP contribution in [0.4, 0.5) is 0 Å². The van der Waals surface area contributed by atoms with E-state index in [1.807, 2.05) is 109 Å². The zero-order chi connectivity index (χ0) is 29.6. The molecule has 0 N–H and O–H groups in total. The zero-order valence-corrected chi connectivity index (χ0v) is 25.1. The Morgan fingerprint density at radius 3 is 1.29 bits per heavy atom. The van der Waals surface area contributed by atoms with E-state index in [9.17, 15) is 16.8 Å². The van der Waals surface area contributed by atoms with Crippen LogP contribution in [0.5, 0.6) is 11.5 Å². The molecule has 0 aliphatic rings. The number of aryl methyl sites for hydroxylation is 2. The van der Waals surface area contributed by atoms with Crippen LogP contribution in [0.1, 0.15) is 22.3 Å². The van der Waals surface area contributed by atoms with Crippen molar-refractivity contribution < 1.29 is 30.5 Å². The van der Waals surface area contributed by atoms with Gasteiger partial charge in [-0.3, -0.25) is 4.18 Å². The van der Waals surface area contributed by atoms with Gasteiger partial charge in [-0.1, -0.05) is 84.9 Å². The van der Waals surface area contributed by atoms with Crippen LogP contribution in [-0.4, -0.2) is 35.5 Å². The fourth-order valence-corrected chi connectivity index (χ4v) is 4.92. The molecule has 4 aromatic carbocycles. The normalized spacial score (nSPS) is 11.3. The first-order chi connectivity index (χ1) is 19.6. The summed E-state index contributed by atoms with van der Waals surface area (Å²) in [4.78, 5) is 0. The topological polar surface area (TPSA) is 96.0 Å². The van der Waals surface area contributed by atoms with Gasteiger partial charge in [-0.2, -0.15) is 8.42 Å². The van der Waals surface area contributed by atoms with E-state index in [2.05, 4.69) is 4.18 Å². The Morgan fingerprint density at radius 2 is 0.927 bits per heavy atom. The van der Waals surface area contributed by atoms with Gasteiger partial charge in [-0.25, -0.2) is 8.42 Å². The number of ether oxygens (including phenoxy) is 2. The van der Waals surface area contributed by atoms with E-state index >= 15 is 0 Å².